The fourth-order valence-electron chi connectivity index (χ4n) is 0.346. The molecule has 0 aliphatic heterocycles. The van der Waals surface area contributed by atoms with Crippen molar-refractivity contribution in [1.29, 1.82) is 0 Å². The van der Waals surface area contributed by atoms with E-state index in [0.717, 1.165) is 0 Å². The highest BCUT2D eigenvalue weighted by Crippen LogP contribution is 1.91. The van der Waals surface area contributed by atoms with Crippen LogP contribution in [0.15, 0.2) is 11.8 Å². The first kappa shape index (κ1) is 8.68. The lowest BCUT2D eigenvalue weighted by molar-refractivity contribution is -0.139. The zero-order chi connectivity index (χ0) is 7.98. The number of rotatable bonds is 3. The van der Waals surface area contributed by atoms with Crippen LogP contribution in [0.3, 0.4) is 0 Å². The first-order valence-corrected chi connectivity index (χ1v) is 2.73. The zero-order valence-corrected chi connectivity index (χ0v) is 5.53. The number of esters is 1. The predicted molar refractivity (Wildman–Crippen MR) is 33.4 cm³/mol. The minimum absolute atomic E-state index is 0.185. The third-order valence-corrected chi connectivity index (χ3v) is 0.777. The smallest absolute Gasteiger partial charge is 0.344 e. The molecule has 0 saturated carbocycles. The molecule has 0 aliphatic rings. The van der Waals surface area contributed by atoms with Crippen molar-refractivity contribution in [2.45, 2.75) is 6.92 Å². The lowest BCUT2D eigenvalue weighted by Crippen LogP contribution is -2.08. The summed E-state index contributed by atoms with van der Waals surface area (Å²) in [5, 5.41) is 8.23. The Morgan fingerprint density at radius 2 is 2.30 bits per heavy atom. The molecule has 0 radical (unpaired) electrons. The van der Waals surface area contributed by atoms with Crippen LogP contribution in [0, 0.1) is 0 Å². The van der Waals surface area contributed by atoms with E-state index in [4.69, 9.17) is 5.11 Å². The lowest BCUT2D eigenvalue weighted by Gasteiger charge is -1.96. The zero-order valence-electron chi connectivity index (χ0n) is 5.53. The molecule has 4 nitrogen and oxygen atoms in total. The molecule has 56 valence electrons. The minimum Gasteiger partial charge on any atom is -0.515 e. The van der Waals surface area contributed by atoms with Crippen LogP contribution in [-0.4, -0.2) is 24.0 Å². The van der Waals surface area contributed by atoms with Gasteiger partial charge >= 0.3 is 5.97 Å². The molecular weight excluding hydrogens is 136 g/mol. The van der Waals surface area contributed by atoms with Crippen molar-refractivity contribution in [2.75, 3.05) is 6.61 Å². The summed E-state index contributed by atoms with van der Waals surface area (Å²) in [6.07, 6.45) is 0.656. The van der Waals surface area contributed by atoms with Crippen LogP contribution >= 0.6 is 0 Å². The van der Waals surface area contributed by atoms with E-state index in [2.05, 4.69) is 4.74 Å². The molecule has 10 heavy (non-hydrogen) atoms. The molecule has 0 aromatic rings. The number of aliphatic hydroxyl groups is 1. The van der Waals surface area contributed by atoms with Gasteiger partial charge < -0.3 is 9.84 Å². The van der Waals surface area contributed by atoms with Crippen LogP contribution in [-0.2, 0) is 14.3 Å². The average Bonchev–Trinajstić information content (AvgIpc) is 1.91. The molecule has 0 rings (SSSR count). The third-order valence-electron chi connectivity index (χ3n) is 0.777. The van der Waals surface area contributed by atoms with Crippen molar-refractivity contribution in [3.05, 3.63) is 11.8 Å². The Kier molecular flexibility index (Phi) is 3.95. The van der Waals surface area contributed by atoms with Crippen LogP contribution < -0.4 is 0 Å². The molecule has 0 aliphatic carbocycles. The fraction of sp³-hybridized carbons (Fsp3) is 0.333. The van der Waals surface area contributed by atoms with E-state index >= 15 is 0 Å². The Balaban J connectivity index is 4.04. The minimum atomic E-state index is -0.806. The Hall–Kier alpha value is -1.32. The summed E-state index contributed by atoms with van der Waals surface area (Å²) in [6, 6.07) is 0. The second-order valence-electron chi connectivity index (χ2n) is 1.42. The van der Waals surface area contributed by atoms with E-state index in [9.17, 15) is 9.59 Å². The van der Waals surface area contributed by atoms with Crippen molar-refractivity contribution >= 4 is 12.3 Å². The molecule has 0 amide bonds. The van der Waals surface area contributed by atoms with Gasteiger partial charge in [0.25, 0.3) is 0 Å². The van der Waals surface area contributed by atoms with Crippen molar-refractivity contribution in [2.24, 2.45) is 0 Å². The second-order valence-corrected chi connectivity index (χ2v) is 1.42. The molecule has 0 fully saturated rings. The van der Waals surface area contributed by atoms with Crippen molar-refractivity contribution in [3.63, 3.8) is 0 Å². The molecule has 0 unspecified atom stereocenters. The SMILES string of the molecule is CCOC(=O)/C(C=O)=C/O. The summed E-state index contributed by atoms with van der Waals surface area (Å²) in [5.74, 6) is -0.806. The maximum Gasteiger partial charge on any atom is 0.344 e. The van der Waals surface area contributed by atoms with Crippen LogP contribution in [0.4, 0.5) is 0 Å². The van der Waals surface area contributed by atoms with Gasteiger partial charge in [0.1, 0.15) is 5.57 Å². The maximum atomic E-state index is 10.5. The molecule has 0 aromatic carbocycles. The highest BCUT2D eigenvalue weighted by molar-refractivity contribution is 6.07. The molecule has 0 bridgehead atoms. The largest absolute Gasteiger partial charge is 0.515 e. The number of carbonyl (C=O) groups is 2. The summed E-state index contributed by atoms with van der Waals surface area (Å²) in [6.45, 7) is 1.79. The molecule has 0 aromatic heterocycles. The summed E-state index contributed by atoms with van der Waals surface area (Å²) < 4.78 is 4.39. The molecule has 0 heterocycles. The van der Waals surface area contributed by atoms with E-state index in [0.29, 0.717) is 6.26 Å². The van der Waals surface area contributed by atoms with Gasteiger partial charge in [-0.2, -0.15) is 0 Å². The molecule has 1 N–H and O–H groups in total. The van der Waals surface area contributed by atoms with Crippen molar-refractivity contribution in [3.8, 4) is 0 Å². The number of hydrogen-bond acceptors (Lipinski definition) is 4. The third kappa shape index (κ3) is 2.30. The van der Waals surface area contributed by atoms with E-state index in [1.54, 1.807) is 6.92 Å². The van der Waals surface area contributed by atoms with Crippen molar-refractivity contribution < 1.29 is 19.4 Å². The number of aldehydes is 1. The number of hydrogen-bond donors (Lipinski definition) is 1. The summed E-state index contributed by atoms with van der Waals surface area (Å²) in [4.78, 5) is 20.4. The van der Waals surface area contributed by atoms with Crippen LogP contribution in [0.2, 0.25) is 0 Å². The first-order chi connectivity index (χ1) is 4.76. The monoisotopic (exact) mass is 144 g/mol. The van der Waals surface area contributed by atoms with Crippen LogP contribution in [0.25, 0.3) is 0 Å². The van der Waals surface area contributed by atoms with Gasteiger partial charge in [0.05, 0.1) is 12.9 Å². The Morgan fingerprint density at radius 3 is 2.60 bits per heavy atom. The van der Waals surface area contributed by atoms with E-state index in [1.807, 2.05) is 0 Å². The van der Waals surface area contributed by atoms with Gasteiger partial charge in [-0.25, -0.2) is 4.79 Å². The summed E-state index contributed by atoms with van der Waals surface area (Å²) in [5.41, 5.74) is -0.373. The molecule has 0 atom stereocenters. The molecule has 0 saturated heterocycles. The van der Waals surface area contributed by atoms with Gasteiger partial charge in [-0.3, -0.25) is 4.79 Å². The van der Waals surface area contributed by atoms with Gasteiger partial charge in [-0.1, -0.05) is 0 Å². The lowest BCUT2D eigenvalue weighted by atomic mass is 10.3. The molecular formula is C6H8O4. The van der Waals surface area contributed by atoms with Gasteiger partial charge in [0.2, 0.25) is 0 Å². The Bertz CT molecular complexity index is 159. The van der Waals surface area contributed by atoms with Gasteiger partial charge in [0.15, 0.2) is 6.29 Å². The first-order valence-electron chi connectivity index (χ1n) is 2.73. The number of carbonyl (C=O) groups excluding carboxylic acids is 2. The fourth-order valence-corrected chi connectivity index (χ4v) is 0.346. The van der Waals surface area contributed by atoms with Crippen LogP contribution in [0.1, 0.15) is 6.92 Å². The summed E-state index contributed by atoms with van der Waals surface area (Å²) >= 11 is 0. The standard InChI is InChI=1S/C6H8O4/c1-2-10-6(9)5(3-7)4-8/h3-4,7H,2H2,1H3/b5-3+. The molecule has 0 spiro atoms. The van der Waals surface area contributed by atoms with E-state index in [1.165, 1.54) is 0 Å². The summed E-state index contributed by atoms with van der Waals surface area (Å²) in [7, 11) is 0. The van der Waals surface area contributed by atoms with Gasteiger partial charge in [0, 0.05) is 0 Å². The number of aliphatic hydroxyl groups excluding tert-OH is 1. The van der Waals surface area contributed by atoms with E-state index in [-0.39, 0.29) is 18.5 Å². The Morgan fingerprint density at radius 1 is 1.70 bits per heavy atom. The van der Waals surface area contributed by atoms with E-state index < -0.39 is 5.97 Å². The second kappa shape index (κ2) is 4.55. The Labute approximate surface area is 58.1 Å². The predicted octanol–water partition coefficient (Wildman–Crippen LogP) is 0.190. The maximum absolute atomic E-state index is 10.5. The average molecular weight is 144 g/mol. The highest BCUT2D eigenvalue weighted by atomic mass is 16.5. The topological polar surface area (TPSA) is 63.6 Å². The van der Waals surface area contributed by atoms with Crippen molar-refractivity contribution in [1.82, 2.24) is 0 Å². The highest BCUT2D eigenvalue weighted by Gasteiger charge is 2.07. The van der Waals surface area contributed by atoms with Gasteiger partial charge in [-0.15, -0.1) is 0 Å². The quantitative estimate of drug-likeness (QED) is 0.153. The molecule has 4 heteroatoms. The normalized spacial score (nSPS) is 10.7. The number of ether oxygens (including phenoxy) is 1. The van der Waals surface area contributed by atoms with Crippen LogP contribution in [0.5, 0.6) is 0 Å². The van der Waals surface area contributed by atoms with Gasteiger partial charge in [-0.05, 0) is 6.92 Å².